The lowest BCUT2D eigenvalue weighted by Crippen LogP contribution is -2.56. The van der Waals surface area contributed by atoms with Gasteiger partial charge in [0.1, 0.15) is 6.04 Å². The van der Waals surface area contributed by atoms with Crippen molar-refractivity contribution in [2.75, 3.05) is 19.8 Å². The van der Waals surface area contributed by atoms with Crippen LogP contribution in [-0.2, 0) is 14.3 Å². The molecule has 2 amide bonds. The third-order valence-corrected chi connectivity index (χ3v) is 2.78. The van der Waals surface area contributed by atoms with Crippen LogP contribution in [0.25, 0.3) is 0 Å². The van der Waals surface area contributed by atoms with Gasteiger partial charge in [-0.25, -0.2) is 0 Å². The molecule has 0 aliphatic carbocycles. The molecule has 1 aliphatic rings. The van der Waals surface area contributed by atoms with Crippen molar-refractivity contribution in [3.8, 4) is 0 Å². The fourth-order valence-electron chi connectivity index (χ4n) is 1.85. The van der Waals surface area contributed by atoms with E-state index in [0.29, 0.717) is 13.2 Å². The summed E-state index contributed by atoms with van der Waals surface area (Å²) in [4.78, 5) is 24.6. The zero-order valence-electron chi connectivity index (χ0n) is 10.5. The molecule has 1 fully saturated rings. The predicted octanol–water partition coefficient (Wildman–Crippen LogP) is -0.881. The SMILES string of the molecule is CC(=O)NC(C)C(=O)N1CC(CO)OCC1C. The van der Waals surface area contributed by atoms with Gasteiger partial charge in [0.2, 0.25) is 11.8 Å². The molecule has 17 heavy (non-hydrogen) atoms. The summed E-state index contributed by atoms with van der Waals surface area (Å²) >= 11 is 0. The molecule has 2 N–H and O–H groups in total. The van der Waals surface area contributed by atoms with E-state index in [0.717, 1.165) is 0 Å². The first-order valence-corrected chi connectivity index (χ1v) is 5.75. The first-order valence-electron chi connectivity index (χ1n) is 5.75. The Balaban J connectivity index is 2.62. The van der Waals surface area contributed by atoms with Crippen LogP contribution in [0.5, 0.6) is 0 Å². The number of rotatable bonds is 3. The summed E-state index contributed by atoms with van der Waals surface area (Å²) < 4.78 is 5.35. The fraction of sp³-hybridized carbons (Fsp3) is 0.818. The second kappa shape index (κ2) is 5.97. The van der Waals surface area contributed by atoms with Gasteiger partial charge in [0, 0.05) is 13.5 Å². The minimum Gasteiger partial charge on any atom is -0.394 e. The maximum atomic E-state index is 12.1. The number of carbonyl (C=O) groups excluding carboxylic acids is 2. The van der Waals surface area contributed by atoms with Crippen molar-refractivity contribution in [2.45, 2.75) is 39.0 Å². The first kappa shape index (κ1) is 13.9. The average molecular weight is 244 g/mol. The molecule has 1 rings (SSSR count). The minimum absolute atomic E-state index is 0.0403. The van der Waals surface area contributed by atoms with E-state index in [9.17, 15) is 9.59 Å². The largest absolute Gasteiger partial charge is 0.394 e. The predicted molar refractivity (Wildman–Crippen MR) is 61.3 cm³/mol. The van der Waals surface area contributed by atoms with E-state index >= 15 is 0 Å². The van der Waals surface area contributed by atoms with Crippen molar-refractivity contribution in [1.82, 2.24) is 10.2 Å². The summed E-state index contributed by atoms with van der Waals surface area (Å²) in [6.45, 7) is 5.57. The van der Waals surface area contributed by atoms with Gasteiger partial charge in [0.25, 0.3) is 0 Å². The third-order valence-electron chi connectivity index (χ3n) is 2.78. The normalized spacial score (nSPS) is 26.5. The number of hydrogen-bond donors (Lipinski definition) is 2. The molecule has 0 aromatic heterocycles. The molecule has 98 valence electrons. The summed E-state index contributed by atoms with van der Waals surface area (Å²) in [5, 5.41) is 11.6. The van der Waals surface area contributed by atoms with Gasteiger partial charge in [-0.15, -0.1) is 0 Å². The highest BCUT2D eigenvalue weighted by molar-refractivity contribution is 5.86. The number of nitrogens with zero attached hydrogens (tertiary/aromatic N) is 1. The van der Waals surface area contributed by atoms with E-state index in [-0.39, 0.29) is 30.6 Å². The Labute approximate surface area is 101 Å². The number of amides is 2. The van der Waals surface area contributed by atoms with Crippen molar-refractivity contribution in [3.63, 3.8) is 0 Å². The zero-order chi connectivity index (χ0) is 13.0. The molecule has 1 saturated heterocycles. The first-order chi connectivity index (χ1) is 7.95. The summed E-state index contributed by atoms with van der Waals surface area (Å²) in [7, 11) is 0. The monoisotopic (exact) mass is 244 g/mol. The van der Waals surface area contributed by atoms with Crippen LogP contribution in [0.4, 0.5) is 0 Å². The molecule has 6 heteroatoms. The molecule has 3 atom stereocenters. The fourth-order valence-corrected chi connectivity index (χ4v) is 1.85. The molecule has 0 bridgehead atoms. The number of morpholine rings is 1. The zero-order valence-corrected chi connectivity index (χ0v) is 10.5. The standard InChI is InChI=1S/C11H20N2O4/c1-7-6-17-10(5-14)4-13(7)11(16)8(2)12-9(3)15/h7-8,10,14H,4-6H2,1-3H3,(H,12,15). The summed E-state index contributed by atoms with van der Waals surface area (Å²) in [6.07, 6.45) is -0.334. The number of nitrogens with one attached hydrogen (secondary N) is 1. The maximum Gasteiger partial charge on any atom is 0.245 e. The highest BCUT2D eigenvalue weighted by atomic mass is 16.5. The number of carbonyl (C=O) groups is 2. The molecule has 0 radical (unpaired) electrons. The smallest absolute Gasteiger partial charge is 0.245 e. The van der Waals surface area contributed by atoms with Crippen molar-refractivity contribution in [2.24, 2.45) is 0 Å². The van der Waals surface area contributed by atoms with Gasteiger partial charge in [0.05, 0.1) is 25.4 Å². The van der Waals surface area contributed by atoms with Gasteiger partial charge in [-0.3, -0.25) is 9.59 Å². The van der Waals surface area contributed by atoms with Gasteiger partial charge in [-0.1, -0.05) is 0 Å². The Morgan fingerprint density at radius 2 is 2.24 bits per heavy atom. The highest BCUT2D eigenvalue weighted by Gasteiger charge is 2.31. The van der Waals surface area contributed by atoms with Crippen LogP contribution in [0.2, 0.25) is 0 Å². The van der Waals surface area contributed by atoms with Crippen LogP contribution in [-0.4, -0.2) is 59.8 Å². The van der Waals surface area contributed by atoms with E-state index < -0.39 is 6.04 Å². The molecule has 0 aromatic carbocycles. The van der Waals surface area contributed by atoms with Crippen LogP contribution in [0, 0.1) is 0 Å². The van der Waals surface area contributed by atoms with E-state index in [1.807, 2.05) is 6.92 Å². The van der Waals surface area contributed by atoms with Crippen LogP contribution >= 0.6 is 0 Å². The summed E-state index contributed by atoms with van der Waals surface area (Å²) in [6, 6.07) is -0.589. The molecule has 0 saturated carbocycles. The number of aliphatic hydroxyl groups is 1. The van der Waals surface area contributed by atoms with Crippen molar-refractivity contribution in [1.29, 1.82) is 0 Å². The van der Waals surface area contributed by atoms with Crippen LogP contribution in [0.1, 0.15) is 20.8 Å². The molecule has 3 unspecified atom stereocenters. The van der Waals surface area contributed by atoms with Gasteiger partial charge < -0.3 is 20.1 Å². The number of ether oxygens (including phenoxy) is 1. The molecular weight excluding hydrogens is 224 g/mol. The van der Waals surface area contributed by atoms with Crippen molar-refractivity contribution >= 4 is 11.8 Å². The Bertz CT molecular complexity index is 295. The third kappa shape index (κ3) is 3.67. The lowest BCUT2D eigenvalue weighted by atomic mass is 10.1. The molecular formula is C11H20N2O4. The average Bonchev–Trinajstić information content (AvgIpc) is 2.28. The van der Waals surface area contributed by atoms with E-state index in [1.54, 1.807) is 11.8 Å². The van der Waals surface area contributed by atoms with Crippen molar-refractivity contribution < 1.29 is 19.4 Å². The number of hydrogen-bond acceptors (Lipinski definition) is 4. The van der Waals surface area contributed by atoms with Crippen molar-refractivity contribution in [3.05, 3.63) is 0 Å². The summed E-state index contributed by atoms with van der Waals surface area (Å²) in [5.74, 6) is -0.375. The van der Waals surface area contributed by atoms with E-state index in [2.05, 4.69) is 5.32 Å². The van der Waals surface area contributed by atoms with E-state index in [4.69, 9.17) is 9.84 Å². The molecule has 0 spiro atoms. The van der Waals surface area contributed by atoms with Crippen LogP contribution in [0.3, 0.4) is 0 Å². The highest BCUT2D eigenvalue weighted by Crippen LogP contribution is 2.12. The lowest BCUT2D eigenvalue weighted by Gasteiger charge is -2.38. The second-order valence-electron chi connectivity index (χ2n) is 4.40. The number of aliphatic hydroxyl groups excluding tert-OH is 1. The quantitative estimate of drug-likeness (QED) is 0.675. The topological polar surface area (TPSA) is 78.9 Å². The van der Waals surface area contributed by atoms with Crippen LogP contribution in [0.15, 0.2) is 0 Å². The van der Waals surface area contributed by atoms with E-state index in [1.165, 1.54) is 6.92 Å². The molecule has 1 heterocycles. The Morgan fingerprint density at radius 1 is 1.59 bits per heavy atom. The van der Waals surface area contributed by atoms with Gasteiger partial charge in [-0.2, -0.15) is 0 Å². The second-order valence-corrected chi connectivity index (χ2v) is 4.40. The minimum atomic E-state index is -0.549. The molecule has 1 aliphatic heterocycles. The maximum absolute atomic E-state index is 12.1. The van der Waals surface area contributed by atoms with Crippen LogP contribution < -0.4 is 5.32 Å². The van der Waals surface area contributed by atoms with Gasteiger partial charge >= 0.3 is 0 Å². The van der Waals surface area contributed by atoms with Gasteiger partial charge in [0.15, 0.2) is 0 Å². The molecule has 6 nitrogen and oxygen atoms in total. The Kier molecular flexibility index (Phi) is 4.89. The van der Waals surface area contributed by atoms with Gasteiger partial charge in [-0.05, 0) is 13.8 Å². The lowest BCUT2D eigenvalue weighted by molar-refractivity contribution is -0.149. The molecule has 0 aromatic rings. The summed E-state index contributed by atoms with van der Waals surface area (Å²) in [5.41, 5.74) is 0. The Morgan fingerprint density at radius 3 is 2.76 bits per heavy atom. The Hall–Kier alpha value is -1.14.